The standard InChI is InChI=1S/C18H16Cl2N4O2/c1-24(10-17(25)22-14-5-3-2-4-13(14)20)9-16-21-15-8-11(19)6-7-12(15)18(26)23-16/h2-8H,9-10H2,1H3,(H,22,25)(H,21,23,26). The third-order valence-corrected chi connectivity index (χ3v) is 4.26. The van der Waals surface area contributed by atoms with Gasteiger partial charge < -0.3 is 10.3 Å². The summed E-state index contributed by atoms with van der Waals surface area (Å²) < 4.78 is 0. The number of hydrogen-bond donors (Lipinski definition) is 2. The molecule has 2 N–H and O–H groups in total. The molecule has 0 aliphatic carbocycles. The molecule has 2 aromatic carbocycles. The number of aromatic nitrogens is 2. The number of rotatable bonds is 5. The number of nitrogens with zero attached hydrogens (tertiary/aromatic N) is 2. The summed E-state index contributed by atoms with van der Waals surface area (Å²) in [6, 6.07) is 11.9. The number of H-pyrrole nitrogens is 1. The molecule has 0 bridgehead atoms. The molecule has 0 fully saturated rings. The number of halogens is 2. The normalized spacial score (nSPS) is 11.1. The Morgan fingerprint density at radius 1 is 1.23 bits per heavy atom. The molecule has 6 nitrogen and oxygen atoms in total. The van der Waals surface area contributed by atoms with Crippen LogP contribution >= 0.6 is 23.2 Å². The Kier molecular flexibility index (Phi) is 5.56. The van der Waals surface area contributed by atoms with Crippen LogP contribution in [0.2, 0.25) is 10.0 Å². The van der Waals surface area contributed by atoms with Crippen LogP contribution in [0.5, 0.6) is 0 Å². The monoisotopic (exact) mass is 390 g/mol. The molecular formula is C18H16Cl2N4O2. The molecular weight excluding hydrogens is 375 g/mol. The van der Waals surface area contributed by atoms with Crippen molar-refractivity contribution in [3.05, 3.63) is 68.7 Å². The fourth-order valence-corrected chi connectivity index (χ4v) is 2.89. The SMILES string of the molecule is CN(CC(=O)Nc1ccccc1Cl)Cc1nc2cc(Cl)ccc2c(=O)[nH]1. The number of benzene rings is 2. The van der Waals surface area contributed by atoms with Gasteiger partial charge in [-0.1, -0.05) is 35.3 Å². The Balaban J connectivity index is 1.69. The molecule has 0 aliphatic heterocycles. The number of amides is 1. The largest absolute Gasteiger partial charge is 0.324 e. The lowest BCUT2D eigenvalue weighted by Gasteiger charge is -2.16. The summed E-state index contributed by atoms with van der Waals surface area (Å²) in [4.78, 5) is 33.2. The van der Waals surface area contributed by atoms with E-state index >= 15 is 0 Å². The van der Waals surface area contributed by atoms with Crippen LogP contribution in [0.15, 0.2) is 47.3 Å². The average Bonchev–Trinajstić information content (AvgIpc) is 2.56. The average molecular weight is 391 g/mol. The lowest BCUT2D eigenvalue weighted by Crippen LogP contribution is -2.31. The second kappa shape index (κ2) is 7.86. The van der Waals surface area contributed by atoms with Crippen LogP contribution in [-0.2, 0) is 11.3 Å². The van der Waals surface area contributed by atoms with Crippen molar-refractivity contribution in [2.45, 2.75) is 6.54 Å². The van der Waals surface area contributed by atoms with E-state index in [4.69, 9.17) is 23.2 Å². The maximum absolute atomic E-state index is 12.2. The maximum Gasteiger partial charge on any atom is 0.258 e. The van der Waals surface area contributed by atoms with Gasteiger partial charge in [0.15, 0.2) is 0 Å². The predicted molar refractivity (Wildman–Crippen MR) is 104 cm³/mol. The number of carbonyl (C=O) groups excluding carboxylic acids is 1. The van der Waals surface area contributed by atoms with Gasteiger partial charge in [-0.25, -0.2) is 4.98 Å². The van der Waals surface area contributed by atoms with E-state index in [1.807, 2.05) is 0 Å². The quantitative estimate of drug-likeness (QED) is 0.700. The van der Waals surface area contributed by atoms with E-state index in [0.717, 1.165) is 0 Å². The van der Waals surface area contributed by atoms with E-state index in [9.17, 15) is 9.59 Å². The van der Waals surface area contributed by atoms with Crippen molar-refractivity contribution in [3.63, 3.8) is 0 Å². The van der Waals surface area contributed by atoms with Crippen LogP contribution < -0.4 is 10.9 Å². The summed E-state index contributed by atoms with van der Waals surface area (Å²) in [6.45, 7) is 0.413. The molecule has 0 radical (unpaired) electrons. The van der Waals surface area contributed by atoms with Gasteiger partial charge in [-0.2, -0.15) is 0 Å². The van der Waals surface area contributed by atoms with Crippen LogP contribution in [-0.4, -0.2) is 34.4 Å². The van der Waals surface area contributed by atoms with Crippen LogP contribution in [0.25, 0.3) is 10.9 Å². The van der Waals surface area contributed by atoms with Gasteiger partial charge in [-0.15, -0.1) is 0 Å². The highest BCUT2D eigenvalue weighted by molar-refractivity contribution is 6.33. The Morgan fingerprint density at radius 3 is 2.77 bits per heavy atom. The summed E-state index contributed by atoms with van der Waals surface area (Å²) in [5.41, 5.74) is 0.834. The minimum Gasteiger partial charge on any atom is -0.324 e. The molecule has 0 saturated heterocycles. The van der Waals surface area contributed by atoms with Crippen LogP contribution in [0.3, 0.4) is 0 Å². The smallest absolute Gasteiger partial charge is 0.258 e. The molecule has 0 spiro atoms. The van der Waals surface area contributed by atoms with Crippen LogP contribution in [0, 0.1) is 0 Å². The van der Waals surface area contributed by atoms with E-state index in [0.29, 0.717) is 39.0 Å². The number of aromatic amines is 1. The summed E-state index contributed by atoms with van der Waals surface area (Å²) in [5.74, 6) is 0.240. The van der Waals surface area contributed by atoms with Gasteiger partial charge in [0.25, 0.3) is 5.56 Å². The second-order valence-corrected chi connectivity index (χ2v) is 6.72. The topological polar surface area (TPSA) is 78.1 Å². The lowest BCUT2D eigenvalue weighted by atomic mass is 10.2. The first-order valence-electron chi connectivity index (χ1n) is 7.84. The molecule has 8 heteroatoms. The van der Waals surface area contributed by atoms with E-state index < -0.39 is 0 Å². The van der Waals surface area contributed by atoms with Crippen molar-refractivity contribution < 1.29 is 4.79 Å². The van der Waals surface area contributed by atoms with Gasteiger partial charge >= 0.3 is 0 Å². The molecule has 1 amide bonds. The molecule has 3 rings (SSSR count). The zero-order chi connectivity index (χ0) is 18.7. The van der Waals surface area contributed by atoms with E-state index in [1.54, 1.807) is 54.4 Å². The van der Waals surface area contributed by atoms with Crippen LogP contribution in [0.4, 0.5) is 5.69 Å². The second-order valence-electron chi connectivity index (χ2n) is 5.87. The number of carbonyl (C=O) groups is 1. The summed E-state index contributed by atoms with van der Waals surface area (Å²) in [7, 11) is 1.76. The highest BCUT2D eigenvalue weighted by Crippen LogP contribution is 2.20. The van der Waals surface area contributed by atoms with Crippen molar-refractivity contribution in [2.75, 3.05) is 18.9 Å². The predicted octanol–water partition coefficient (Wildman–Crippen LogP) is 3.30. The molecule has 1 aromatic heterocycles. The minimum absolute atomic E-state index is 0.114. The maximum atomic E-state index is 12.2. The first-order chi connectivity index (χ1) is 12.4. The number of para-hydroxylation sites is 1. The van der Waals surface area contributed by atoms with Crippen LogP contribution in [0.1, 0.15) is 5.82 Å². The summed E-state index contributed by atoms with van der Waals surface area (Å²) in [6.07, 6.45) is 0. The molecule has 1 heterocycles. The summed E-state index contributed by atoms with van der Waals surface area (Å²) >= 11 is 12.0. The molecule has 3 aromatic rings. The fraction of sp³-hybridized carbons (Fsp3) is 0.167. The van der Waals surface area contributed by atoms with Crippen molar-refractivity contribution in [1.29, 1.82) is 0 Å². The Morgan fingerprint density at radius 2 is 2.00 bits per heavy atom. The van der Waals surface area contributed by atoms with Gasteiger partial charge in [0.2, 0.25) is 5.91 Å². The van der Waals surface area contributed by atoms with Crippen molar-refractivity contribution >= 4 is 45.7 Å². The molecule has 134 valence electrons. The van der Waals surface area contributed by atoms with Crippen molar-refractivity contribution in [3.8, 4) is 0 Å². The zero-order valence-corrected chi connectivity index (χ0v) is 15.4. The number of hydrogen-bond acceptors (Lipinski definition) is 4. The first-order valence-corrected chi connectivity index (χ1v) is 8.59. The zero-order valence-electron chi connectivity index (χ0n) is 13.9. The molecule has 26 heavy (non-hydrogen) atoms. The Bertz CT molecular complexity index is 1020. The van der Waals surface area contributed by atoms with Gasteiger partial charge in [0.05, 0.1) is 34.7 Å². The number of fused-ring (bicyclic) bond motifs is 1. The molecule has 0 atom stereocenters. The molecule has 0 saturated carbocycles. The summed E-state index contributed by atoms with van der Waals surface area (Å²) in [5, 5.41) is 4.20. The van der Waals surface area contributed by atoms with Crippen molar-refractivity contribution in [2.24, 2.45) is 0 Å². The number of anilines is 1. The molecule has 0 aliphatic rings. The lowest BCUT2D eigenvalue weighted by molar-refractivity contribution is -0.117. The third-order valence-electron chi connectivity index (χ3n) is 3.70. The Labute approximate surface area is 159 Å². The number of nitrogens with one attached hydrogen (secondary N) is 2. The fourth-order valence-electron chi connectivity index (χ4n) is 2.54. The third kappa shape index (κ3) is 4.40. The first kappa shape index (κ1) is 18.4. The van der Waals surface area contributed by atoms with E-state index in [1.165, 1.54) is 0 Å². The van der Waals surface area contributed by atoms with Gasteiger partial charge in [-0.05, 0) is 37.4 Å². The van der Waals surface area contributed by atoms with E-state index in [-0.39, 0.29) is 18.0 Å². The van der Waals surface area contributed by atoms with Gasteiger partial charge in [0, 0.05) is 5.02 Å². The highest BCUT2D eigenvalue weighted by Gasteiger charge is 2.11. The van der Waals surface area contributed by atoms with Gasteiger partial charge in [-0.3, -0.25) is 14.5 Å². The Hall–Kier alpha value is -2.41. The van der Waals surface area contributed by atoms with E-state index in [2.05, 4.69) is 15.3 Å². The number of likely N-dealkylation sites (N-methyl/N-ethyl adjacent to an activating group) is 1. The van der Waals surface area contributed by atoms with Gasteiger partial charge in [0.1, 0.15) is 5.82 Å². The molecule has 0 unspecified atom stereocenters. The highest BCUT2D eigenvalue weighted by atomic mass is 35.5. The minimum atomic E-state index is -0.240. The van der Waals surface area contributed by atoms with Crippen molar-refractivity contribution in [1.82, 2.24) is 14.9 Å².